The van der Waals surface area contributed by atoms with Gasteiger partial charge in [-0.15, -0.1) is 0 Å². The van der Waals surface area contributed by atoms with Crippen LogP contribution < -0.4 is 5.56 Å². The number of aryl methyl sites for hydroxylation is 2. The van der Waals surface area contributed by atoms with Crippen LogP contribution in [0.5, 0.6) is 5.75 Å². The Morgan fingerprint density at radius 2 is 1.57 bits per heavy atom. The Morgan fingerprint density at radius 3 is 2.25 bits per heavy atom. The number of nitrogens with zero attached hydrogens (tertiary/aromatic N) is 2. The molecule has 0 aliphatic heterocycles. The molecule has 3 rings (SSSR count). The minimum atomic E-state index is 0.0227. The SMILES string of the molecule is CCCc1nc(-c2ccccc2O)n(CCc2ccccc2)c(=O)c1CCC. The molecule has 0 saturated carbocycles. The topological polar surface area (TPSA) is 55.1 Å². The zero-order valence-corrected chi connectivity index (χ0v) is 16.7. The van der Waals surface area contributed by atoms with E-state index < -0.39 is 0 Å². The standard InChI is InChI=1S/C24H28N2O2/c1-3-10-19-21(11-4-2)25-23(20-14-8-9-15-22(20)27)26(24(19)28)17-16-18-12-6-5-7-13-18/h5-9,12-15,27H,3-4,10-11,16-17H2,1-2H3. The molecule has 0 spiro atoms. The van der Waals surface area contributed by atoms with Gasteiger partial charge in [0.25, 0.3) is 5.56 Å². The number of benzene rings is 2. The van der Waals surface area contributed by atoms with Gasteiger partial charge in [-0.3, -0.25) is 9.36 Å². The molecule has 0 atom stereocenters. The summed E-state index contributed by atoms with van der Waals surface area (Å²) in [5.41, 5.74) is 3.48. The van der Waals surface area contributed by atoms with Crippen LogP contribution in [0.3, 0.4) is 0 Å². The first-order valence-electron chi connectivity index (χ1n) is 10.1. The molecule has 4 heteroatoms. The molecule has 3 aromatic rings. The number of para-hydroxylation sites is 1. The molecule has 0 amide bonds. The van der Waals surface area contributed by atoms with Crippen LogP contribution in [0.25, 0.3) is 11.4 Å². The Balaban J connectivity index is 2.14. The Hall–Kier alpha value is -2.88. The number of aromatic hydroxyl groups is 1. The van der Waals surface area contributed by atoms with Gasteiger partial charge in [-0.25, -0.2) is 4.98 Å². The Bertz CT molecular complexity index is 978. The van der Waals surface area contributed by atoms with E-state index in [0.29, 0.717) is 17.9 Å². The van der Waals surface area contributed by atoms with E-state index in [2.05, 4.69) is 26.0 Å². The van der Waals surface area contributed by atoms with Crippen LogP contribution in [-0.4, -0.2) is 14.7 Å². The van der Waals surface area contributed by atoms with Crippen molar-refractivity contribution in [2.75, 3.05) is 0 Å². The molecule has 0 saturated heterocycles. The highest BCUT2D eigenvalue weighted by Crippen LogP contribution is 2.27. The number of hydrogen-bond acceptors (Lipinski definition) is 3. The van der Waals surface area contributed by atoms with Crippen LogP contribution >= 0.6 is 0 Å². The summed E-state index contributed by atoms with van der Waals surface area (Å²) >= 11 is 0. The van der Waals surface area contributed by atoms with Gasteiger partial charge in [0, 0.05) is 12.1 Å². The highest BCUT2D eigenvalue weighted by Gasteiger charge is 2.18. The third kappa shape index (κ3) is 4.33. The maximum Gasteiger partial charge on any atom is 0.257 e. The second kappa shape index (κ2) is 9.36. The fraction of sp³-hybridized carbons (Fsp3) is 0.333. The molecule has 1 aromatic heterocycles. The Kier molecular flexibility index (Phi) is 6.64. The van der Waals surface area contributed by atoms with Crippen LogP contribution in [0.15, 0.2) is 59.4 Å². The lowest BCUT2D eigenvalue weighted by atomic mass is 10.0. The lowest BCUT2D eigenvalue weighted by molar-refractivity contribution is 0.475. The van der Waals surface area contributed by atoms with Crippen molar-refractivity contribution in [1.82, 2.24) is 9.55 Å². The van der Waals surface area contributed by atoms with Crippen molar-refractivity contribution in [3.63, 3.8) is 0 Å². The van der Waals surface area contributed by atoms with Crippen LogP contribution in [-0.2, 0) is 25.8 Å². The quantitative estimate of drug-likeness (QED) is 0.616. The first kappa shape index (κ1) is 19.9. The van der Waals surface area contributed by atoms with Gasteiger partial charge in [-0.1, -0.05) is 69.2 Å². The van der Waals surface area contributed by atoms with Gasteiger partial charge in [0.2, 0.25) is 0 Å². The number of aromatic nitrogens is 2. The predicted octanol–water partition coefficient (Wildman–Crippen LogP) is 4.76. The van der Waals surface area contributed by atoms with Crippen LogP contribution in [0, 0.1) is 0 Å². The molecule has 0 radical (unpaired) electrons. The lowest BCUT2D eigenvalue weighted by Crippen LogP contribution is -2.29. The van der Waals surface area contributed by atoms with E-state index in [9.17, 15) is 9.90 Å². The second-order valence-electron chi connectivity index (χ2n) is 7.07. The average Bonchev–Trinajstić information content (AvgIpc) is 2.71. The van der Waals surface area contributed by atoms with Crippen LogP contribution in [0.2, 0.25) is 0 Å². The van der Waals surface area contributed by atoms with Crippen LogP contribution in [0.1, 0.15) is 43.5 Å². The van der Waals surface area contributed by atoms with Gasteiger partial charge in [0.15, 0.2) is 0 Å². The predicted molar refractivity (Wildman–Crippen MR) is 114 cm³/mol. The molecule has 0 unspecified atom stereocenters. The zero-order chi connectivity index (χ0) is 19.9. The van der Waals surface area contributed by atoms with E-state index in [1.165, 1.54) is 5.56 Å². The van der Waals surface area contributed by atoms with Crippen molar-refractivity contribution in [3.05, 3.63) is 81.8 Å². The summed E-state index contributed by atoms with van der Waals surface area (Å²) in [6.45, 7) is 4.71. The molecule has 28 heavy (non-hydrogen) atoms. The third-order valence-electron chi connectivity index (χ3n) is 4.95. The summed E-state index contributed by atoms with van der Waals surface area (Å²) in [5, 5.41) is 10.4. The molecule has 0 fully saturated rings. The van der Waals surface area contributed by atoms with Crippen molar-refractivity contribution in [3.8, 4) is 17.1 Å². The number of phenols is 1. The molecular formula is C24H28N2O2. The molecule has 0 bridgehead atoms. The maximum absolute atomic E-state index is 13.4. The van der Waals surface area contributed by atoms with E-state index in [-0.39, 0.29) is 11.3 Å². The molecule has 2 aromatic carbocycles. The molecule has 146 valence electrons. The van der Waals surface area contributed by atoms with Gasteiger partial charge in [-0.2, -0.15) is 0 Å². The van der Waals surface area contributed by atoms with E-state index in [0.717, 1.165) is 43.4 Å². The van der Waals surface area contributed by atoms with E-state index >= 15 is 0 Å². The fourth-order valence-corrected chi connectivity index (χ4v) is 3.54. The highest BCUT2D eigenvalue weighted by atomic mass is 16.3. The normalized spacial score (nSPS) is 10.9. The summed E-state index contributed by atoms with van der Waals surface area (Å²) in [7, 11) is 0. The lowest BCUT2D eigenvalue weighted by Gasteiger charge is -2.18. The number of rotatable bonds is 8. The zero-order valence-electron chi connectivity index (χ0n) is 16.7. The van der Waals surface area contributed by atoms with Gasteiger partial charge in [-0.05, 0) is 37.0 Å². The second-order valence-corrected chi connectivity index (χ2v) is 7.07. The molecule has 0 aliphatic carbocycles. The Morgan fingerprint density at radius 1 is 0.893 bits per heavy atom. The summed E-state index contributed by atoms with van der Waals surface area (Å²) in [6.07, 6.45) is 4.07. The average molecular weight is 377 g/mol. The summed E-state index contributed by atoms with van der Waals surface area (Å²) < 4.78 is 1.74. The molecule has 1 heterocycles. The fourth-order valence-electron chi connectivity index (χ4n) is 3.54. The first-order valence-corrected chi connectivity index (χ1v) is 10.1. The van der Waals surface area contributed by atoms with Gasteiger partial charge >= 0.3 is 0 Å². The Labute approximate surface area is 166 Å². The minimum Gasteiger partial charge on any atom is -0.507 e. The van der Waals surface area contributed by atoms with Gasteiger partial charge < -0.3 is 5.11 Å². The largest absolute Gasteiger partial charge is 0.507 e. The molecule has 4 nitrogen and oxygen atoms in total. The number of hydrogen-bond donors (Lipinski definition) is 1. The van der Waals surface area contributed by atoms with Crippen molar-refractivity contribution in [1.29, 1.82) is 0 Å². The molecular weight excluding hydrogens is 348 g/mol. The van der Waals surface area contributed by atoms with E-state index in [1.807, 2.05) is 30.3 Å². The highest BCUT2D eigenvalue weighted by molar-refractivity contribution is 5.64. The molecule has 0 aliphatic rings. The van der Waals surface area contributed by atoms with Crippen molar-refractivity contribution < 1.29 is 5.11 Å². The third-order valence-corrected chi connectivity index (χ3v) is 4.95. The van der Waals surface area contributed by atoms with Gasteiger partial charge in [0.1, 0.15) is 11.6 Å². The monoisotopic (exact) mass is 376 g/mol. The molecule has 1 N–H and O–H groups in total. The summed E-state index contributed by atoms with van der Waals surface area (Å²) in [5.74, 6) is 0.705. The van der Waals surface area contributed by atoms with Crippen molar-refractivity contribution >= 4 is 0 Å². The van der Waals surface area contributed by atoms with Crippen molar-refractivity contribution in [2.45, 2.75) is 52.5 Å². The van der Waals surface area contributed by atoms with E-state index in [1.54, 1.807) is 16.7 Å². The summed E-state index contributed by atoms with van der Waals surface area (Å²) in [4.78, 5) is 18.3. The van der Waals surface area contributed by atoms with Crippen LogP contribution in [0.4, 0.5) is 0 Å². The van der Waals surface area contributed by atoms with Gasteiger partial charge in [0.05, 0.1) is 11.3 Å². The van der Waals surface area contributed by atoms with Crippen molar-refractivity contribution in [2.24, 2.45) is 0 Å². The maximum atomic E-state index is 13.4. The smallest absolute Gasteiger partial charge is 0.257 e. The minimum absolute atomic E-state index is 0.0227. The number of phenolic OH excluding ortho intramolecular Hbond substituents is 1. The first-order chi connectivity index (χ1) is 13.7. The van der Waals surface area contributed by atoms with E-state index in [4.69, 9.17) is 4.98 Å². The summed E-state index contributed by atoms with van der Waals surface area (Å²) in [6, 6.07) is 17.2.